The van der Waals surface area contributed by atoms with Gasteiger partial charge in [0.05, 0.1) is 13.2 Å². The van der Waals surface area contributed by atoms with Crippen molar-refractivity contribution in [1.82, 2.24) is 15.5 Å². The summed E-state index contributed by atoms with van der Waals surface area (Å²) in [5, 5.41) is 7.32. The SMILES string of the molecule is COc1ccc(CCNC(=NCC(=O)N(C)C)NC(C)c2ccccc2)c(Cl)c1. The molecule has 0 aromatic heterocycles. The van der Waals surface area contributed by atoms with Crippen molar-refractivity contribution < 1.29 is 9.53 Å². The summed E-state index contributed by atoms with van der Waals surface area (Å²) >= 11 is 6.32. The molecule has 0 aliphatic rings. The van der Waals surface area contributed by atoms with Crippen LogP contribution in [-0.4, -0.2) is 51.1 Å². The Labute approximate surface area is 177 Å². The third kappa shape index (κ3) is 7.31. The highest BCUT2D eigenvalue weighted by molar-refractivity contribution is 6.31. The molecule has 156 valence electrons. The minimum absolute atomic E-state index is 0.0430. The molecular weight excluding hydrogens is 388 g/mol. The molecule has 0 bridgehead atoms. The Kier molecular flexibility index (Phi) is 8.80. The first-order valence-corrected chi connectivity index (χ1v) is 9.91. The predicted molar refractivity (Wildman–Crippen MR) is 119 cm³/mol. The van der Waals surface area contributed by atoms with E-state index in [0.717, 1.165) is 16.9 Å². The second-order valence-electron chi connectivity index (χ2n) is 6.86. The quantitative estimate of drug-likeness (QED) is 0.512. The zero-order chi connectivity index (χ0) is 21.2. The molecule has 0 fully saturated rings. The Morgan fingerprint density at radius 3 is 2.55 bits per heavy atom. The number of nitrogens with zero attached hydrogens (tertiary/aromatic N) is 2. The number of ether oxygens (including phenoxy) is 1. The zero-order valence-electron chi connectivity index (χ0n) is 17.4. The van der Waals surface area contributed by atoms with Crippen LogP contribution in [0.5, 0.6) is 5.75 Å². The minimum Gasteiger partial charge on any atom is -0.497 e. The average molecular weight is 417 g/mol. The van der Waals surface area contributed by atoms with Gasteiger partial charge in [0.1, 0.15) is 12.3 Å². The molecular formula is C22H29ClN4O2. The summed E-state index contributed by atoms with van der Waals surface area (Å²) in [7, 11) is 5.05. The summed E-state index contributed by atoms with van der Waals surface area (Å²) in [5.41, 5.74) is 2.15. The molecule has 2 aromatic carbocycles. The van der Waals surface area contributed by atoms with E-state index in [4.69, 9.17) is 16.3 Å². The topological polar surface area (TPSA) is 66.0 Å². The number of benzene rings is 2. The van der Waals surface area contributed by atoms with E-state index in [2.05, 4.69) is 34.7 Å². The highest BCUT2D eigenvalue weighted by atomic mass is 35.5. The highest BCUT2D eigenvalue weighted by Crippen LogP contribution is 2.22. The van der Waals surface area contributed by atoms with Crippen molar-refractivity contribution in [2.45, 2.75) is 19.4 Å². The molecule has 0 saturated heterocycles. The van der Waals surface area contributed by atoms with Crippen molar-refractivity contribution in [2.75, 3.05) is 34.3 Å². The number of halogens is 1. The molecule has 1 unspecified atom stereocenters. The molecule has 7 heteroatoms. The van der Waals surface area contributed by atoms with Crippen LogP contribution >= 0.6 is 11.6 Å². The van der Waals surface area contributed by atoms with Crippen molar-refractivity contribution in [3.63, 3.8) is 0 Å². The molecule has 0 spiro atoms. The Balaban J connectivity index is 2.02. The smallest absolute Gasteiger partial charge is 0.243 e. The van der Waals surface area contributed by atoms with Gasteiger partial charge in [-0.2, -0.15) is 0 Å². The first-order chi connectivity index (χ1) is 13.9. The van der Waals surface area contributed by atoms with Gasteiger partial charge in [0.2, 0.25) is 5.91 Å². The molecule has 2 rings (SSSR count). The normalized spacial score (nSPS) is 12.2. The first kappa shape index (κ1) is 22.6. The fourth-order valence-corrected chi connectivity index (χ4v) is 2.91. The number of amides is 1. The van der Waals surface area contributed by atoms with Gasteiger partial charge < -0.3 is 20.3 Å². The summed E-state index contributed by atoms with van der Waals surface area (Å²) < 4.78 is 5.19. The lowest BCUT2D eigenvalue weighted by molar-refractivity contribution is -0.127. The summed E-state index contributed by atoms with van der Waals surface area (Å²) in [6, 6.07) is 15.8. The number of hydrogen-bond donors (Lipinski definition) is 2. The van der Waals surface area contributed by atoms with Crippen LogP contribution in [-0.2, 0) is 11.2 Å². The van der Waals surface area contributed by atoms with E-state index in [1.807, 2.05) is 30.3 Å². The van der Waals surface area contributed by atoms with Crippen molar-refractivity contribution in [1.29, 1.82) is 0 Å². The molecule has 2 aromatic rings. The number of aliphatic imine (C=N–C) groups is 1. The van der Waals surface area contributed by atoms with E-state index in [-0.39, 0.29) is 18.5 Å². The van der Waals surface area contributed by atoms with E-state index in [0.29, 0.717) is 23.9 Å². The Hall–Kier alpha value is -2.73. The molecule has 1 amide bonds. The molecule has 29 heavy (non-hydrogen) atoms. The van der Waals surface area contributed by atoms with Gasteiger partial charge in [-0.1, -0.05) is 48.0 Å². The molecule has 0 aliphatic carbocycles. The van der Waals surface area contributed by atoms with E-state index in [9.17, 15) is 4.79 Å². The van der Waals surface area contributed by atoms with Crippen LogP contribution in [0.15, 0.2) is 53.5 Å². The third-order valence-electron chi connectivity index (χ3n) is 4.47. The number of hydrogen-bond acceptors (Lipinski definition) is 3. The Morgan fingerprint density at radius 2 is 1.93 bits per heavy atom. The second-order valence-corrected chi connectivity index (χ2v) is 7.27. The van der Waals surface area contributed by atoms with Gasteiger partial charge in [-0.25, -0.2) is 4.99 Å². The van der Waals surface area contributed by atoms with Crippen LogP contribution in [0, 0.1) is 0 Å². The number of carbonyl (C=O) groups is 1. The van der Waals surface area contributed by atoms with Gasteiger partial charge in [0, 0.05) is 25.7 Å². The number of methoxy groups -OCH3 is 1. The Bertz CT molecular complexity index is 825. The lowest BCUT2D eigenvalue weighted by Crippen LogP contribution is -2.40. The summed E-state index contributed by atoms with van der Waals surface area (Å²) in [4.78, 5) is 17.9. The predicted octanol–water partition coefficient (Wildman–Crippen LogP) is 3.28. The van der Waals surface area contributed by atoms with Crippen LogP contribution in [0.1, 0.15) is 24.1 Å². The minimum atomic E-state index is -0.0586. The average Bonchev–Trinajstić information content (AvgIpc) is 2.73. The van der Waals surface area contributed by atoms with Gasteiger partial charge in [-0.05, 0) is 36.6 Å². The second kappa shape index (κ2) is 11.3. The number of nitrogens with one attached hydrogen (secondary N) is 2. The van der Waals surface area contributed by atoms with Gasteiger partial charge >= 0.3 is 0 Å². The van der Waals surface area contributed by atoms with E-state index in [1.54, 1.807) is 27.3 Å². The number of likely N-dealkylation sites (N-methyl/N-ethyl adjacent to an activating group) is 1. The maximum atomic E-state index is 11.9. The van der Waals surface area contributed by atoms with Crippen molar-refractivity contribution in [2.24, 2.45) is 4.99 Å². The number of guanidine groups is 1. The van der Waals surface area contributed by atoms with Crippen LogP contribution in [0.4, 0.5) is 0 Å². The molecule has 6 nitrogen and oxygen atoms in total. The first-order valence-electron chi connectivity index (χ1n) is 9.53. The maximum Gasteiger partial charge on any atom is 0.243 e. The zero-order valence-corrected chi connectivity index (χ0v) is 18.2. The molecule has 1 atom stereocenters. The van der Waals surface area contributed by atoms with Gasteiger partial charge in [0.15, 0.2) is 5.96 Å². The number of carbonyl (C=O) groups excluding carboxylic acids is 1. The third-order valence-corrected chi connectivity index (χ3v) is 4.82. The Morgan fingerprint density at radius 1 is 1.21 bits per heavy atom. The molecule has 0 aliphatic heterocycles. The molecule has 2 N–H and O–H groups in total. The molecule has 0 heterocycles. The van der Waals surface area contributed by atoms with Crippen LogP contribution in [0.2, 0.25) is 5.02 Å². The van der Waals surface area contributed by atoms with Crippen LogP contribution in [0.25, 0.3) is 0 Å². The lowest BCUT2D eigenvalue weighted by atomic mass is 10.1. The fourth-order valence-electron chi connectivity index (χ4n) is 2.64. The van der Waals surface area contributed by atoms with E-state index in [1.165, 1.54) is 4.90 Å². The molecule has 0 radical (unpaired) electrons. The molecule has 0 saturated carbocycles. The fraction of sp³-hybridized carbons (Fsp3) is 0.364. The summed E-state index contributed by atoms with van der Waals surface area (Å²) in [6.45, 7) is 2.75. The summed E-state index contributed by atoms with van der Waals surface area (Å²) in [6.07, 6.45) is 0.713. The van der Waals surface area contributed by atoms with Crippen molar-refractivity contribution >= 4 is 23.5 Å². The highest BCUT2D eigenvalue weighted by Gasteiger charge is 2.10. The number of rotatable bonds is 8. The summed E-state index contributed by atoms with van der Waals surface area (Å²) in [5.74, 6) is 1.26. The van der Waals surface area contributed by atoms with Gasteiger partial charge in [-0.3, -0.25) is 4.79 Å². The van der Waals surface area contributed by atoms with Crippen LogP contribution in [0.3, 0.4) is 0 Å². The van der Waals surface area contributed by atoms with E-state index < -0.39 is 0 Å². The van der Waals surface area contributed by atoms with Crippen molar-refractivity contribution in [3.05, 3.63) is 64.7 Å². The van der Waals surface area contributed by atoms with Crippen molar-refractivity contribution in [3.8, 4) is 5.75 Å². The van der Waals surface area contributed by atoms with Gasteiger partial charge in [0.25, 0.3) is 0 Å². The maximum absolute atomic E-state index is 11.9. The largest absolute Gasteiger partial charge is 0.497 e. The lowest BCUT2D eigenvalue weighted by Gasteiger charge is -2.19. The van der Waals surface area contributed by atoms with Crippen LogP contribution < -0.4 is 15.4 Å². The standard InChI is InChI=1S/C22H29ClN4O2/c1-16(17-8-6-5-7-9-17)26-22(25-15-21(28)27(2)3)24-13-12-18-10-11-19(29-4)14-20(18)23/h5-11,14,16H,12-13,15H2,1-4H3,(H2,24,25,26). The monoisotopic (exact) mass is 416 g/mol. The van der Waals surface area contributed by atoms with E-state index >= 15 is 0 Å². The van der Waals surface area contributed by atoms with Gasteiger partial charge in [-0.15, -0.1) is 0 Å².